The number of piperidine rings is 1. The first-order valence-corrected chi connectivity index (χ1v) is 10.6. The molecule has 31 heavy (non-hydrogen) atoms. The van der Waals surface area contributed by atoms with Gasteiger partial charge in [-0.1, -0.05) is 30.3 Å². The molecule has 1 saturated heterocycles. The standard InChI is InChI=1S/C24H22N2O5/c1-29-17-6-7-19-18(12-17)20(27)30-23(19)8-10-26(11-9-23)22-25-21(28)24(31-22)13-15-4-2-3-5-16(15)14-24/h2-7,12H,8-11,13-14H2,1H3. The van der Waals surface area contributed by atoms with Gasteiger partial charge < -0.3 is 19.1 Å². The highest BCUT2D eigenvalue weighted by Crippen LogP contribution is 2.46. The van der Waals surface area contributed by atoms with Crippen LogP contribution in [0.25, 0.3) is 0 Å². The molecule has 158 valence electrons. The number of amides is 1. The topological polar surface area (TPSA) is 77.4 Å². The van der Waals surface area contributed by atoms with Gasteiger partial charge in [-0.25, -0.2) is 4.79 Å². The van der Waals surface area contributed by atoms with Crippen molar-refractivity contribution in [3.8, 4) is 5.75 Å². The van der Waals surface area contributed by atoms with Gasteiger partial charge in [0, 0.05) is 44.3 Å². The second kappa shape index (κ2) is 6.33. The predicted molar refractivity (Wildman–Crippen MR) is 111 cm³/mol. The summed E-state index contributed by atoms with van der Waals surface area (Å²) in [6, 6.07) is 14.0. The van der Waals surface area contributed by atoms with Gasteiger partial charge in [-0.15, -0.1) is 0 Å². The number of nitrogens with zero attached hydrogens (tertiary/aromatic N) is 2. The van der Waals surface area contributed by atoms with Gasteiger partial charge in [0.15, 0.2) is 0 Å². The minimum Gasteiger partial charge on any atom is -0.497 e. The van der Waals surface area contributed by atoms with Crippen molar-refractivity contribution in [1.82, 2.24) is 4.90 Å². The fourth-order valence-electron chi connectivity index (χ4n) is 5.30. The van der Waals surface area contributed by atoms with E-state index < -0.39 is 11.2 Å². The number of aliphatic imine (C=N–C) groups is 1. The monoisotopic (exact) mass is 418 g/mol. The van der Waals surface area contributed by atoms with Gasteiger partial charge in [-0.2, -0.15) is 4.99 Å². The highest BCUT2D eigenvalue weighted by Gasteiger charge is 2.53. The van der Waals surface area contributed by atoms with Gasteiger partial charge in [0.25, 0.3) is 11.9 Å². The molecule has 0 radical (unpaired) electrons. The molecule has 2 aromatic rings. The number of hydrogen-bond acceptors (Lipinski definition) is 6. The minimum atomic E-state index is -0.906. The molecule has 7 nitrogen and oxygen atoms in total. The molecule has 0 unspecified atom stereocenters. The number of carbonyl (C=O) groups is 2. The number of hydrogen-bond donors (Lipinski definition) is 0. The second-order valence-electron chi connectivity index (χ2n) is 8.70. The number of likely N-dealkylation sites (tertiary alicyclic amines) is 1. The summed E-state index contributed by atoms with van der Waals surface area (Å²) < 4.78 is 17.3. The first-order valence-electron chi connectivity index (χ1n) is 10.6. The normalized spacial score (nSPS) is 22.2. The highest BCUT2D eigenvalue weighted by atomic mass is 16.6. The molecule has 0 aromatic heterocycles. The molecule has 2 aromatic carbocycles. The number of benzene rings is 2. The number of carbonyl (C=O) groups excluding carboxylic acids is 2. The Morgan fingerprint density at radius 3 is 2.35 bits per heavy atom. The summed E-state index contributed by atoms with van der Waals surface area (Å²) >= 11 is 0. The number of methoxy groups -OCH3 is 1. The Morgan fingerprint density at radius 1 is 0.968 bits per heavy atom. The van der Waals surface area contributed by atoms with Crippen LogP contribution >= 0.6 is 0 Å². The van der Waals surface area contributed by atoms with E-state index in [9.17, 15) is 9.59 Å². The largest absolute Gasteiger partial charge is 0.497 e. The van der Waals surface area contributed by atoms with E-state index in [2.05, 4.69) is 4.99 Å². The molecule has 1 aliphatic carbocycles. The Balaban J connectivity index is 1.19. The lowest BCUT2D eigenvalue weighted by Crippen LogP contribution is -2.47. The van der Waals surface area contributed by atoms with Crippen molar-refractivity contribution in [1.29, 1.82) is 0 Å². The second-order valence-corrected chi connectivity index (χ2v) is 8.70. The van der Waals surface area contributed by atoms with Crippen molar-refractivity contribution in [2.45, 2.75) is 36.9 Å². The SMILES string of the molecule is COc1ccc2c(c1)C(=O)OC21CCN(C2=NC(=O)C3(Cc4ccccc4C3)O2)CC1. The molecule has 3 heterocycles. The van der Waals surface area contributed by atoms with Crippen LogP contribution in [0.5, 0.6) is 5.75 Å². The quantitative estimate of drug-likeness (QED) is 0.663. The van der Waals surface area contributed by atoms with E-state index in [1.54, 1.807) is 13.2 Å². The van der Waals surface area contributed by atoms with Crippen LogP contribution < -0.4 is 4.74 Å². The van der Waals surface area contributed by atoms with Crippen molar-refractivity contribution < 1.29 is 23.8 Å². The summed E-state index contributed by atoms with van der Waals surface area (Å²) in [4.78, 5) is 31.6. The van der Waals surface area contributed by atoms with Crippen molar-refractivity contribution in [2.24, 2.45) is 4.99 Å². The zero-order valence-corrected chi connectivity index (χ0v) is 17.2. The Labute approximate surface area is 179 Å². The van der Waals surface area contributed by atoms with E-state index in [0.717, 1.165) is 16.7 Å². The van der Waals surface area contributed by atoms with Crippen LogP contribution in [0.4, 0.5) is 0 Å². The average molecular weight is 418 g/mol. The van der Waals surface area contributed by atoms with Crippen LogP contribution in [0.15, 0.2) is 47.5 Å². The number of esters is 1. The first-order chi connectivity index (χ1) is 15.0. The number of ether oxygens (including phenoxy) is 3. The Morgan fingerprint density at radius 2 is 1.68 bits per heavy atom. The summed E-state index contributed by atoms with van der Waals surface area (Å²) in [5.41, 5.74) is 2.23. The van der Waals surface area contributed by atoms with Crippen LogP contribution in [0.2, 0.25) is 0 Å². The smallest absolute Gasteiger partial charge is 0.339 e. The molecule has 0 saturated carbocycles. The molecule has 3 aliphatic heterocycles. The average Bonchev–Trinajstić information content (AvgIpc) is 3.40. The Bertz CT molecular complexity index is 1120. The van der Waals surface area contributed by atoms with E-state index in [0.29, 0.717) is 56.1 Å². The van der Waals surface area contributed by atoms with Gasteiger partial charge in [0.2, 0.25) is 5.60 Å². The molecule has 2 spiro atoms. The molecule has 1 amide bonds. The molecule has 1 fully saturated rings. The van der Waals surface area contributed by atoms with Crippen LogP contribution in [-0.2, 0) is 32.7 Å². The Kier molecular flexibility index (Phi) is 3.76. The summed E-state index contributed by atoms with van der Waals surface area (Å²) in [6.07, 6.45) is 2.34. The first kappa shape index (κ1) is 18.4. The number of amidine groups is 1. The van der Waals surface area contributed by atoms with E-state index in [-0.39, 0.29) is 11.9 Å². The molecule has 0 bridgehead atoms. The van der Waals surface area contributed by atoms with Gasteiger partial charge in [-0.3, -0.25) is 4.79 Å². The van der Waals surface area contributed by atoms with Gasteiger partial charge in [-0.05, 0) is 23.3 Å². The molecule has 6 rings (SSSR count). The molecular weight excluding hydrogens is 396 g/mol. The van der Waals surface area contributed by atoms with E-state index >= 15 is 0 Å². The molecule has 4 aliphatic rings. The minimum absolute atomic E-state index is 0.205. The maximum atomic E-state index is 12.8. The number of fused-ring (bicyclic) bond motifs is 3. The fourth-order valence-corrected chi connectivity index (χ4v) is 5.30. The van der Waals surface area contributed by atoms with Crippen LogP contribution in [0.3, 0.4) is 0 Å². The predicted octanol–water partition coefficient (Wildman–Crippen LogP) is 2.61. The molecule has 7 heteroatoms. The van der Waals surface area contributed by atoms with Crippen LogP contribution in [0.1, 0.15) is 39.9 Å². The lowest BCUT2D eigenvalue weighted by Gasteiger charge is -2.39. The van der Waals surface area contributed by atoms with Gasteiger partial charge >= 0.3 is 5.97 Å². The van der Waals surface area contributed by atoms with Crippen molar-refractivity contribution in [3.63, 3.8) is 0 Å². The summed E-state index contributed by atoms with van der Waals surface area (Å²) in [5.74, 6) is 0.124. The highest BCUT2D eigenvalue weighted by molar-refractivity contribution is 6.02. The molecule has 0 N–H and O–H groups in total. The van der Waals surface area contributed by atoms with E-state index in [4.69, 9.17) is 14.2 Å². The Hall–Kier alpha value is -3.35. The fraction of sp³-hybridized carbons (Fsp3) is 0.375. The van der Waals surface area contributed by atoms with Crippen molar-refractivity contribution in [2.75, 3.05) is 20.2 Å². The number of rotatable bonds is 1. The third-order valence-electron chi connectivity index (χ3n) is 7.01. The van der Waals surface area contributed by atoms with Gasteiger partial charge in [0.1, 0.15) is 11.4 Å². The lowest BCUT2D eigenvalue weighted by atomic mass is 9.84. The van der Waals surface area contributed by atoms with Crippen molar-refractivity contribution >= 4 is 17.9 Å². The zero-order valence-electron chi connectivity index (χ0n) is 17.2. The molecular formula is C24H22N2O5. The summed E-state index contributed by atoms with van der Waals surface area (Å²) in [7, 11) is 1.58. The van der Waals surface area contributed by atoms with Crippen LogP contribution in [0, 0.1) is 0 Å². The van der Waals surface area contributed by atoms with Gasteiger partial charge in [0.05, 0.1) is 12.7 Å². The third-order valence-corrected chi connectivity index (χ3v) is 7.01. The summed E-state index contributed by atoms with van der Waals surface area (Å²) in [5, 5.41) is 0. The summed E-state index contributed by atoms with van der Waals surface area (Å²) in [6.45, 7) is 1.18. The van der Waals surface area contributed by atoms with E-state index in [1.807, 2.05) is 41.3 Å². The molecule has 0 atom stereocenters. The zero-order chi connectivity index (χ0) is 21.2. The maximum Gasteiger partial charge on any atom is 0.339 e. The van der Waals surface area contributed by atoms with Crippen LogP contribution in [-0.4, -0.2) is 48.6 Å². The maximum absolute atomic E-state index is 12.8. The third kappa shape index (κ3) is 2.62. The van der Waals surface area contributed by atoms with Crippen molar-refractivity contribution in [3.05, 3.63) is 64.7 Å². The lowest BCUT2D eigenvalue weighted by molar-refractivity contribution is -0.130. The van der Waals surface area contributed by atoms with E-state index in [1.165, 1.54) is 0 Å².